The first kappa shape index (κ1) is 105. The number of carbonyl (C=O) groups excluding carboxylic acids is 3. The number of nitrogens with one attached hydrogen (secondary N) is 3. The van der Waals surface area contributed by atoms with Crippen molar-refractivity contribution >= 4 is 115 Å². The number of allylic oxidation sites excluding steroid dienone is 1. The average molecular weight is 2000 g/mol. The molecule has 6 saturated heterocycles. The predicted octanol–water partition coefficient (Wildman–Crippen LogP) is 10.9. The molecule has 0 spiro atoms. The van der Waals surface area contributed by atoms with Crippen LogP contribution in [-0.2, 0) is 66.5 Å². The normalized spacial score (nSPS) is 25.8. The molecule has 9 aliphatic rings. The molecule has 11 unspecified atom stereocenters. The minimum Gasteiger partial charge on any atom is -0.488 e. The van der Waals surface area contributed by atoms with E-state index in [-0.39, 0.29) is 131 Å². The number of nitrogen functional groups attached to an aromatic ring is 3. The molecule has 9 aromatic heterocycles. The number of aromatic nitrogens is 16. The van der Waals surface area contributed by atoms with E-state index in [1.165, 1.54) is 37.1 Å². The summed E-state index contributed by atoms with van der Waals surface area (Å²) in [6.45, 7) is 21.6. The number of aryl methyl sites for hydroxylation is 7. The van der Waals surface area contributed by atoms with Crippen LogP contribution >= 0.6 is 34.9 Å². The monoisotopic (exact) mass is 1990 g/mol. The molecule has 19 rings (SSSR count). The molecule has 1 aromatic carbocycles. The number of methoxy groups -OCH3 is 5. The SMILES string of the molecule is COC1CCC(n2ccc(N)nc2=O)O1.COC1CCC(n2cnc3c(C)nc(C)nc32)O1.COC1OCC(n2cc(C)c(N)nc2=O)S1.COCC1CCC(n2cnc3c(C)nc(C)nc32)O1.COCC1OCC(n2cc(C)c(N)nc2=O)S1.Cc1ccc2c(O[C@@H]3C[C@H]4C(=O)N[C@]5(C(=O)O)C[C@H]5/C=C\CCC(C)CC[C@H](NC(=O)OC5CCCC5)C(=O)N4C3)cc(-c3csc(NC(C)C)n3)nc2c1. The largest absolute Gasteiger partial charge is 0.488 e. The fourth-order valence-electron chi connectivity index (χ4n) is 17.7. The first-order valence-corrected chi connectivity index (χ1v) is 49.7. The van der Waals surface area contributed by atoms with Gasteiger partial charge in [-0.3, -0.25) is 32.4 Å². The second-order valence-corrected chi connectivity index (χ2v) is 39.6. The lowest BCUT2D eigenvalue weighted by atomic mass is 9.96. The quantitative estimate of drug-likeness (QED) is 0.0348. The number of hydrogen-bond donors (Lipinski definition) is 7. The summed E-state index contributed by atoms with van der Waals surface area (Å²) in [5.74, 6) is 0.622. The maximum atomic E-state index is 14.6. The molecule has 2 aliphatic carbocycles. The Hall–Kier alpha value is -11.3. The number of imidazole rings is 2. The predicted molar refractivity (Wildman–Crippen MR) is 525 cm³/mol. The average Bonchev–Trinajstić information content (AvgIpc) is 1.58. The van der Waals surface area contributed by atoms with E-state index in [9.17, 15) is 38.7 Å². The van der Waals surface area contributed by atoms with Crippen LogP contribution in [0.4, 0.5) is 27.4 Å². The van der Waals surface area contributed by atoms with Gasteiger partial charge >= 0.3 is 29.1 Å². The highest BCUT2D eigenvalue weighted by Crippen LogP contribution is 2.47. The molecule has 3 amide bonds. The topological polar surface area (TPSA) is 534 Å². The van der Waals surface area contributed by atoms with E-state index in [0.29, 0.717) is 56.4 Å². The number of carboxylic acids is 1. The van der Waals surface area contributed by atoms with Gasteiger partial charge in [-0.2, -0.15) is 15.0 Å². The van der Waals surface area contributed by atoms with Gasteiger partial charge in [0.1, 0.15) is 116 Å². The number of nitrogens with zero attached hydrogens (tertiary/aromatic N) is 17. The number of thiazole rings is 1. The Morgan fingerprint density at radius 1 is 0.636 bits per heavy atom. The highest BCUT2D eigenvalue weighted by atomic mass is 32.2. The van der Waals surface area contributed by atoms with Crippen molar-refractivity contribution in [3.8, 4) is 17.1 Å². The van der Waals surface area contributed by atoms with E-state index in [1.807, 2.05) is 113 Å². The summed E-state index contributed by atoms with van der Waals surface area (Å²) in [6.07, 6.45) is 22.3. The van der Waals surface area contributed by atoms with Gasteiger partial charge in [0.15, 0.2) is 29.0 Å². The van der Waals surface area contributed by atoms with Crippen molar-refractivity contribution in [2.24, 2.45) is 11.8 Å². The van der Waals surface area contributed by atoms with E-state index >= 15 is 0 Å². The van der Waals surface area contributed by atoms with Crippen LogP contribution in [0.2, 0.25) is 0 Å². The molecule has 43 nitrogen and oxygen atoms in total. The van der Waals surface area contributed by atoms with Gasteiger partial charge in [0.05, 0.1) is 74.3 Å². The van der Waals surface area contributed by atoms with Crippen molar-refractivity contribution in [3.63, 3.8) is 0 Å². The molecule has 46 heteroatoms. The van der Waals surface area contributed by atoms with E-state index < -0.39 is 53.3 Å². The molecule has 7 aliphatic heterocycles. The van der Waals surface area contributed by atoms with E-state index in [1.54, 1.807) is 89.2 Å². The summed E-state index contributed by atoms with van der Waals surface area (Å²) in [5, 5.41) is 22.7. The molecule has 0 radical (unpaired) electrons. The number of nitrogens with two attached hydrogens (primary N) is 3. The third-order valence-corrected chi connectivity index (χ3v) is 28.5. The molecule has 0 bridgehead atoms. The minimum absolute atomic E-state index is 0.00106. The molecule has 16 atom stereocenters. The molecule has 2 saturated carbocycles. The van der Waals surface area contributed by atoms with Crippen molar-refractivity contribution in [1.29, 1.82) is 0 Å². The van der Waals surface area contributed by atoms with Crippen LogP contribution in [0.5, 0.6) is 5.75 Å². The molecule has 8 fully saturated rings. The van der Waals surface area contributed by atoms with Gasteiger partial charge < -0.3 is 100 Å². The lowest BCUT2D eigenvalue weighted by molar-refractivity contribution is -0.145. The number of pyridine rings is 1. The molecular formula is C94H127N23O20S3. The standard InChI is InChI=1S/C41H52N6O7S.C13H18N4O2.C12H16N4O2.C10H15N3O3S.C9H13N3O3S.C9H13N3O3/c1-23(2)42-39-44-33(22-55-39)32-19-35(29-15-13-25(4)17-31(29)43-32)53-28-18-34-36(48)46-41(38(50)51)20-26(41)10-6-5-9-24(3)14-16-30(37(49)47(34)21-28)45-40(52)54-27-11-7-8-12-27;1-8-12-13(16-9(2)15-8)17(7-14-12)11-5-4-10(19-11)6-18-3;1-7-11-12(15-8(2)14-7)16(6-13-11)9-4-5-10(17-3)18-9;1-6-3-13(10(14)12-9(6)11)7-4-16-8(17-7)5-15-2;1-5-3-12(8(13)11-7(5)10)6-4-15-9(14-2)16-6;1-14-8-3-2-7(15-8)12-5-4-6(10)11-9(12)13/h6,10,13,15,17,19,22-24,26-28,30,34H,5,7-9,11-12,14,16,18,20-21H2,1-4H3,(H,42,44)(H,45,52)(H,46,48)(H,50,51);7,10-11H,4-6H2,1-3H3;6,9-10H,4-5H2,1-3H3;3,7-8H,4-5H2,1-2H3,(H2,11,12,14);3,6,9H,4H2,1-2H3,(H2,10,11,13);4-5,7-8H,2-3H2,1H3,(H2,10,11,13)/b10-6-;;;;;/t24?,26-,28-,30+,34+,41-;;;;;/m1...../s1. The number of fused-ring (bicyclic) bond motifs is 5. The van der Waals surface area contributed by atoms with Crippen molar-refractivity contribution in [3.05, 3.63) is 150 Å². The van der Waals surface area contributed by atoms with Crippen LogP contribution < -0.4 is 55.0 Å². The third kappa shape index (κ3) is 26.0. The molecule has 16 heterocycles. The van der Waals surface area contributed by atoms with Crippen molar-refractivity contribution in [1.82, 2.24) is 93.2 Å². The second-order valence-electron chi connectivity index (χ2n) is 36.2. The summed E-state index contributed by atoms with van der Waals surface area (Å²) < 4.78 is 74.4. The lowest BCUT2D eigenvalue weighted by Crippen LogP contribution is -2.56. The molecule has 10 aromatic rings. The summed E-state index contributed by atoms with van der Waals surface area (Å²) in [6, 6.07) is 7.56. The number of rotatable bonds is 20. The summed E-state index contributed by atoms with van der Waals surface area (Å²) in [7, 11) is 8.13. The zero-order valence-electron chi connectivity index (χ0n) is 81.4. The van der Waals surface area contributed by atoms with Gasteiger partial charge in [-0.05, 0) is 175 Å². The number of anilines is 4. The Balaban J connectivity index is 0.000000150. The molecule has 10 N–H and O–H groups in total. The van der Waals surface area contributed by atoms with E-state index in [4.69, 9.17) is 84.0 Å². The maximum absolute atomic E-state index is 14.6. The molecular weight excluding hydrogens is 1870 g/mol. The van der Waals surface area contributed by atoms with Gasteiger partial charge in [0.25, 0.3) is 0 Å². The van der Waals surface area contributed by atoms with Crippen molar-refractivity contribution < 1.29 is 81.1 Å². The number of alkyl carbamates (subject to hydrolysis) is 1. The minimum atomic E-state index is -1.44. The first-order valence-electron chi connectivity index (χ1n) is 47.0. The zero-order valence-corrected chi connectivity index (χ0v) is 83.9. The van der Waals surface area contributed by atoms with Gasteiger partial charge in [0.2, 0.25) is 17.4 Å². The van der Waals surface area contributed by atoms with Crippen molar-refractivity contribution in [2.45, 2.75) is 267 Å². The van der Waals surface area contributed by atoms with E-state index in [0.717, 1.165) is 155 Å². The van der Waals surface area contributed by atoms with Gasteiger partial charge in [-0.15, -0.1) is 23.1 Å². The summed E-state index contributed by atoms with van der Waals surface area (Å²) in [5.41, 5.74) is 23.4. The summed E-state index contributed by atoms with van der Waals surface area (Å²) in [4.78, 5) is 138. The van der Waals surface area contributed by atoms with Crippen molar-refractivity contribution in [2.75, 3.05) is 91.0 Å². The van der Waals surface area contributed by atoms with Crippen LogP contribution in [0.15, 0.2) is 93.5 Å². The number of benzene rings is 1. The number of thioether (sulfide) groups is 2. The number of amides is 3. The first-order chi connectivity index (χ1) is 67.2. The van der Waals surface area contributed by atoms with Crippen LogP contribution in [0.25, 0.3) is 44.6 Å². The van der Waals surface area contributed by atoms with Gasteiger partial charge in [0, 0.05) is 113 Å². The Labute approximate surface area is 821 Å². The fraction of sp³-hybridized carbons (Fsp3) is 0.574. The fourth-order valence-corrected chi connectivity index (χ4v) is 20.7. The smallest absolute Gasteiger partial charge is 0.408 e. The molecule has 756 valence electrons. The van der Waals surface area contributed by atoms with Crippen LogP contribution in [-0.4, -0.2) is 246 Å². The van der Waals surface area contributed by atoms with Crippen LogP contribution in [0.1, 0.15) is 193 Å². The van der Waals surface area contributed by atoms with Crippen LogP contribution in [0, 0.1) is 60.3 Å². The zero-order chi connectivity index (χ0) is 99.9. The Morgan fingerprint density at radius 3 is 1.84 bits per heavy atom. The number of carboxylic acid groups (broad SMARTS) is 1. The van der Waals surface area contributed by atoms with Gasteiger partial charge in [-0.1, -0.05) is 36.9 Å². The maximum Gasteiger partial charge on any atom is 0.408 e. The van der Waals surface area contributed by atoms with Gasteiger partial charge in [-0.25, -0.2) is 63.8 Å². The summed E-state index contributed by atoms with van der Waals surface area (Å²) >= 11 is 4.47. The van der Waals surface area contributed by atoms with Crippen LogP contribution in [0.3, 0.4) is 0 Å². The highest BCUT2D eigenvalue weighted by molar-refractivity contribution is 8.00. The number of ether oxygens (including phenoxy) is 12. The Bertz CT molecular complexity index is 6210. The Morgan fingerprint density at radius 2 is 1.24 bits per heavy atom. The second kappa shape index (κ2) is 47.5. The highest BCUT2D eigenvalue weighted by Gasteiger charge is 2.62. The number of aliphatic carboxylic acids is 1. The number of carbonyl (C=O) groups is 4. The number of hydrogen-bond acceptors (Lipinski definition) is 37. The lowest BCUT2D eigenvalue weighted by Gasteiger charge is -2.30. The Kier molecular flexibility index (Phi) is 35.5. The third-order valence-electron chi connectivity index (χ3n) is 25.2. The van der Waals surface area contributed by atoms with E-state index in [2.05, 4.69) is 67.7 Å². The molecule has 140 heavy (non-hydrogen) atoms.